The van der Waals surface area contributed by atoms with Crippen molar-refractivity contribution in [2.75, 3.05) is 26.8 Å². The molecule has 1 N–H and O–H groups in total. The highest BCUT2D eigenvalue weighted by Crippen LogP contribution is 2.25. The fourth-order valence-electron chi connectivity index (χ4n) is 2.82. The fourth-order valence-corrected chi connectivity index (χ4v) is 3.11. The summed E-state index contributed by atoms with van der Waals surface area (Å²) in [6.45, 7) is 9.55. The third kappa shape index (κ3) is 7.23. The van der Waals surface area contributed by atoms with E-state index in [0.29, 0.717) is 24.7 Å². The second-order valence-corrected chi connectivity index (χ2v) is 6.71. The lowest BCUT2D eigenvalue weighted by atomic mass is 10.1. The summed E-state index contributed by atoms with van der Waals surface area (Å²) in [6, 6.07) is 0.197. The van der Waals surface area contributed by atoms with E-state index in [-0.39, 0.29) is 18.6 Å². The molecule has 0 saturated heterocycles. The lowest BCUT2D eigenvalue weighted by molar-refractivity contribution is -0.124. The van der Waals surface area contributed by atoms with Crippen molar-refractivity contribution in [3.05, 3.63) is 35.1 Å². The third-order valence-electron chi connectivity index (χ3n) is 4.27. The van der Waals surface area contributed by atoms with Gasteiger partial charge in [0, 0.05) is 50.2 Å². The van der Waals surface area contributed by atoms with Crippen LogP contribution in [0.5, 0.6) is 0 Å². The van der Waals surface area contributed by atoms with Gasteiger partial charge in [-0.15, -0.1) is 0 Å². The summed E-state index contributed by atoms with van der Waals surface area (Å²) in [4.78, 5) is 24.6. The molecule has 0 aliphatic carbocycles. The van der Waals surface area contributed by atoms with Crippen LogP contribution in [0.15, 0.2) is 18.9 Å². The van der Waals surface area contributed by atoms with Crippen LogP contribution in [0.4, 0.5) is 0 Å². The normalized spacial score (nSPS) is 12.1. The van der Waals surface area contributed by atoms with Gasteiger partial charge in [-0.1, -0.05) is 43.7 Å². The monoisotopic (exact) mass is 395 g/mol. The van der Waals surface area contributed by atoms with Crippen molar-refractivity contribution >= 4 is 36.1 Å². The standard InChI is InChI=1S/C20H30ClN3O3/c1-5-8-16(3)24(15-25)11-7-9-19-17(6-2)18(21)13-23(19)12-10-22-20(26)14-27-4/h6-7,9,13,15-16H,2,5,8,10-12,14H2,1,3-4H3,(H,22,26)/b9-7+. The van der Waals surface area contributed by atoms with E-state index in [1.807, 2.05) is 29.8 Å². The molecule has 0 bridgehead atoms. The van der Waals surface area contributed by atoms with Crippen LogP contribution in [-0.4, -0.2) is 54.6 Å². The first-order valence-corrected chi connectivity index (χ1v) is 9.50. The SMILES string of the molecule is C=Cc1c(Cl)cn(CCNC(=O)COC)c1/C=C/CN(C=O)C(C)CCC. The molecule has 0 fully saturated rings. The maximum Gasteiger partial charge on any atom is 0.246 e. The van der Waals surface area contributed by atoms with Crippen LogP contribution in [0, 0.1) is 0 Å². The van der Waals surface area contributed by atoms with Gasteiger partial charge in [0.1, 0.15) is 6.61 Å². The Bertz CT molecular complexity index is 655. The van der Waals surface area contributed by atoms with Gasteiger partial charge in [0.15, 0.2) is 0 Å². The van der Waals surface area contributed by atoms with Gasteiger partial charge in [-0.3, -0.25) is 9.59 Å². The second-order valence-electron chi connectivity index (χ2n) is 6.30. The minimum absolute atomic E-state index is 0.0363. The van der Waals surface area contributed by atoms with Crippen LogP contribution in [-0.2, 0) is 20.9 Å². The molecular formula is C20H30ClN3O3. The summed E-state index contributed by atoms with van der Waals surface area (Å²) in [5, 5.41) is 3.38. The molecule has 0 spiro atoms. The Morgan fingerprint density at radius 1 is 1.52 bits per heavy atom. The Kier molecular flexibility index (Phi) is 10.5. The van der Waals surface area contributed by atoms with Crippen molar-refractivity contribution in [1.82, 2.24) is 14.8 Å². The number of amides is 2. The summed E-state index contributed by atoms with van der Waals surface area (Å²) in [6.07, 6.45) is 10.3. The highest BCUT2D eigenvalue weighted by Gasteiger charge is 2.12. The molecule has 1 aromatic heterocycles. The Balaban J connectivity index is 2.83. The van der Waals surface area contributed by atoms with Crippen LogP contribution < -0.4 is 5.32 Å². The molecule has 1 aromatic rings. The summed E-state index contributed by atoms with van der Waals surface area (Å²) in [5.41, 5.74) is 1.72. The van der Waals surface area contributed by atoms with Crippen LogP contribution in [0.1, 0.15) is 37.9 Å². The first kappa shape index (κ1) is 23.0. The quantitative estimate of drug-likeness (QED) is 0.521. The van der Waals surface area contributed by atoms with Crippen LogP contribution >= 0.6 is 11.6 Å². The minimum Gasteiger partial charge on any atom is -0.375 e. The number of hydrogen-bond donors (Lipinski definition) is 1. The van der Waals surface area contributed by atoms with Crippen molar-refractivity contribution in [3.63, 3.8) is 0 Å². The van der Waals surface area contributed by atoms with E-state index in [0.717, 1.165) is 30.5 Å². The van der Waals surface area contributed by atoms with E-state index in [1.54, 1.807) is 11.0 Å². The molecule has 1 heterocycles. The number of halogens is 1. The lowest BCUT2D eigenvalue weighted by Gasteiger charge is -2.23. The summed E-state index contributed by atoms with van der Waals surface area (Å²) >= 11 is 6.30. The zero-order valence-electron chi connectivity index (χ0n) is 16.4. The minimum atomic E-state index is -0.164. The second kappa shape index (κ2) is 12.4. The molecular weight excluding hydrogens is 366 g/mol. The van der Waals surface area contributed by atoms with Crippen LogP contribution in [0.3, 0.4) is 0 Å². The molecule has 6 nitrogen and oxygen atoms in total. The van der Waals surface area contributed by atoms with Crippen LogP contribution in [0.2, 0.25) is 5.02 Å². The van der Waals surface area contributed by atoms with Gasteiger partial charge < -0.3 is 19.5 Å². The molecule has 0 aromatic carbocycles. The molecule has 1 atom stereocenters. The molecule has 1 unspecified atom stereocenters. The van der Waals surface area contributed by atoms with Gasteiger partial charge in [-0.05, 0) is 19.4 Å². The molecule has 27 heavy (non-hydrogen) atoms. The molecule has 1 rings (SSSR count). The molecule has 0 aliphatic heterocycles. The Labute approximate surface area is 166 Å². The van der Waals surface area contributed by atoms with Crippen molar-refractivity contribution < 1.29 is 14.3 Å². The van der Waals surface area contributed by atoms with Gasteiger partial charge in [0.2, 0.25) is 12.3 Å². The van der Waals surface area contributed by atoms with Crippen molar-refractivity contribution in [2.45, 2.75) is 39.3 Å². The van der Waals surface area contributed by atoms with E-state index in [1.165, 1.54) is 7.11 Å². The molecule has 0 saturated carbocycles. The van der Waals surface area contributed by atoms with Gasteiger partial charge in [-0.2, -0.15) is 0 Å². The summed E-state index contributed by atoms with van der Waals surface area (Å²) in [5.74, 6) is -0.164. The number of ether oxygens (including phenoxy) is 1. The van der Waals surface area contributed by atoms with Crippen molar-refractivity contribution in [2.24, 2.45) is 0 Å². The molecule has 0 aliphatic rings. The smallest absolute Gasteiger partial charge is 0.246 e. The number of aromatic nitrogens is 1. The summed E-state index contributed by atoms with van der Waals surface area (Å²) in [7, 11) is 1.48. The van der Waals surface area contributed by atoms with Crippen LogP contribution in [0.25, 0.3) is 12.2 Å². The Morgan fingerprint density at radius 2 is 2.26 bits per heavy atom. The van der Waals surface area contributed by atoms with E-state index in [9.17, 15) is 9.59 Å². The number of carbonyl (C=O) groups is 2. The molecule has 0 radical (unpaired) electrons. The maximum absolute atomic E-state index is 11.5. The van der Waals surface area contributed by atoms with E-state index in [4.69, 9.17) is 16.3 Å². The topological polar surface area (TPSA) is 63.6 Å². The predicted octanol–water partition coefficient (Wildman–Crippen LogP) is 3.21. The zero-order chi connectivity index (χ0) is 20.2. The highest BCUT2D eigenvalue weighted by molar-refractivity contribution is 6.32. The zero-order valence-corrected chi connectivity index (χ0v) is 17.2. The third-order valence-corrected chi connectivity index (χ3v) is 4.57. The fraction of sp³-hybridized carbons (Fsp3) is 0.500. The van der Waals surface area contributed by atoms with Gasteiger partial charge in [0.05, 0.1) is 5.02 Å². The van der Waals surface area contributed by atoms with Gasteiger partial charge >= 0.3 is 0 Å². The predicted molar refractivity (Wildman–Crippen MR) is 111 cm³/mol. The molecule has 7 heteroatoms. The average Bonchev–Trinajstić information content (AvgIpc) is 2.93. The van der Waals surface area contributed by atoms with Gasteiger partial charge in [-0.25, -0.2) is 0 Å². The largest absolute Gasteiger partial charge is 0.375 e. The van der Waals surface area contributed by atoms with E-state index >= 15 is 0 Å². The highest BCUT2D eigenvalue weighted by atomic mass is 35.5. The van der Waals surface area contributed by atoms with Crippen molar-refractivity contribution in [3.8, 4) is 0 Å². The van der Waals surface area contributed by atoms with E-state index in [2.05, 4.69) is 18.8 Å². The number of hydrogen-bond acceptors (Lipinski definition) is 3. The number of nitrogens with zero attached hydrogens (tertiary/aromatic N) is 2. The molecule has 2 amide bonds. The Hall–Kier alpha value is -2.05. The molecule has 150 valence electrons. The van der Waals surface area contributed by atoms with Gasteiger partial charge in [0.25, 0.3) is 0 Å². The van der Waals surface area contributed by atoms with E-state index < -0.39 is 0 Å². The summed E-state index contributed by atoms with van der Waals surface area (Å²) < 4.78 is 6.76. The number of rotatable bonds is 13. The number of nitrogens with one attached hydrogen (secondary N) is 1. The first-order chi connectivity index (χ1) is 13.0. The number of carbonyl (C=O) groups excluding carboxylic acids is 2. The first-order valence-electron chi connectivity index (χ1n) is 9.12. The number of methoxy groups -OCH3 is 1. The van der Waals surface area contributed by atoms with Crippen molar-refractivity contribution in [1.29, 1.82) is 0 Å². The lowest BCUT2D eigenvalue weighted by Crippen LogP contribution is -2.31. The average molecular weight is 396 g/mol. The maximum atomic E-state index is 11.5. The Morgan fingerprint density at radius 3 is 2.85 bits per heavy atom.